The number of aromatic nitrogens is 1. The SMILES string of the molecule is Cc1cccc2c(-c3ccccc3)c(Br)c(-c3ccc(Cl)cc3)nc12. The van der Waals surface area contributed by atoms with Crippen LogP contribution in [0.25, 0.3) is 33.3 Å². The summed E-state index contributed by atoms with van der Waals surface area (Å²) in [6.45, 7) is 2.10. The maximum Gasteiger partial charge on any atom is 0.0858 e. The fraction of sp³-hybridized carbons (Fsp3) is 0.0455. The van der Waals surface area contributed by atoms with Crippen LogP contribution in [0.1, 0.15) is 5.56 Å². The van der Waals surface area contributed by atoms with Crippen molar-refractivity contribution in [3.63, 3.8) is 0 Å². The van der Waals surface area contributed by atoms with Crippen LogP contribution in [-0.4, -0.2) is 4.98 Å². The smallest absolute Gasteiger partial charge is 0.0858 e. The van der Waals surface area contributed by atoms with E-state index in [0.717, 1.165) is 37.2 Å². The van der Waals surface area contributed by atoms with Crippen molar-refractivity contribution < 1.29 is 0 Å². The van der Waals surface area contributed by atoms with Gasteiger partial charge < -0.3 is 0 Å². The molecule has 0 atom stereocenters. The van der Waals surface area contributed by atoms with Gasteiger partial charge in [-0.25, -0.2) is 4.98 Å². The highest BCUT2D eigenvalue weighted by Gasteiger charge is 2.16. The predicted octanol–water partition coefficient (Wildman–Crippen LogP) is 7.29. The number of pyridine rings is 1. The molecule has 0 saturated heterocycles. The Morgan fingerprint density at radius 1 is 0.800 bits per heavy atom. The maximum atomic E-state index is 6.05. The van der Waals surface area contributed by atoms with E-state index in [9.17, 15) is 0 Å². The second-order valence-corrected chi connectivity index (χ2v) is 7.22. The van der Waals surface area contributed by atoms with E-state index >= 15 is 0 Å². The zero-order valence-electron chi connectivity index (χ0n) is 13.6. The Kier molecular flexibility index (Phi) is 4.32. The molecule has 4 rings (SSSR count). The van der Waals surface area contributed by atoms with Crippen LogP contribution < -0.4 is 0 Å². The van der Waals surface area contributed by atoms with Crippen molar-refractivity contribution >= 4 is 38.4 Å². The molecular formula is C22H15BrClN. The molecule has 0 bridgehead atoms. The highest BCUT2D eigenvalue weighted by molar-refractivity contribution is 9.10. The summed E-state index contributed by atoms with van der Waals surface area (Å²) in [6.07, 6.45) is 0. The Morgan fingerprint density at radius 2 is 1.52 bits per heavy atom. The van der Waals surface area contributed by atoms with Crippen molar-refractivity contribution in [1.82, 2.24) is 4.98 Å². The summed E-state index contributed by atoms with van der Waals surface area (Å²) in [6, 6.07) is 24.6. The van der Waals surface area contributed by atoms with Crippen LogP contribution in [0.15, 0.2) is 77.3 Å². The second kappa shape index (κ2) is 6.62. The molecule has 1 nitrogen and oxygen atoms in total. The summed E-state index contributed by atoms with van der Waals surface area (Å²) in [5.74, 6) is 0. The minimum Gasteiger partial charge on any atom is -0.246 e. The van der Waals surface area contributed by atoms with Gasteiger partial charge in [0.1, 0.15) is 0 Å². The van der Waals surface area contributed by atoms with E-state index in [2.05, 4.69) is 65.3 Å². The summed E-state index contributed by atoms with van der Waals surface area (Å²) in [5.41, 5.74) is 6.49. The Morgan fingerprint density at radius 3 is 2.24 bits per heavy atom. The lowest BCUT2D eigenvalue weighted by Gasteiger charge is -2.15. The molecule has 0 unspecified atom stereocenters. The minimum atomic E-state index is 0.722. The Hall–Kier alpha value is -2.16. The summed E-state index contributed by atoms with van der Waals surface area (Å²) in [7, 11) is 0. The van der Waals surface area contributed by atoms with Crippen molar-refractivity contribution in [3.8, 4) is 22.4 Å². The molecule has 0 saturated carbocycles. The maximum absolute atomic E-state index is 6.05. The first-order valence-corrected chi connectivity index (χ1v) is 9.22. The van der Waals surface area contributed by atoms with E-state index in [-0.39, 0.29) is 0 Å². The molecule has 1 heterocycles. The van der Waals surface area contributed by atoms with Gasteiger partial charge in [0.15, 0.2) is 0 Å². The average Bonchev–Trinajstić information content (AvgIpc) is 2.63. The second-order valence-electron chi connectivity index (χ2n) is 5.99. The number of hydrogen-bond donors (Lipinski definition) is 0. The van der Waals surface area contributed by atoms with Gasteiger partial charge >= 0.3 is 0 Å². The van der Waals surface area contributed by atoms with Crippen LogP contribution >= 0.6 is 27.5 Å². The third-order valence-electron chi connectivity index (χ3n) is 4.34. The largest absolute Gasteiger partial charge is 0.246 e. The number of halogens is 2. The van der Waals surface area contributed by atoms with Crippen LogP contribution in [0, 0.1) is 6.92 Å². The molecule has 0 fully saturated rings. The van der Waals surface area contributed by atoms with Gasteiger partial charge in [-0.2, -0.15) is 0 Å². The molecule has 0 amide bonds. The average molecular weight is 409 g/mol. The van der Waals surface area contributed by atoms with Gasteiger partial charge in [-0.1, -0.05) is 72.3 Å². The van der Waals surface area contributed by atoms with Crippen molar-refractivity contribution in [2.75, 3.05) is 0 Å². The summed E-state index contributed by atoms with van der Waals surface area (Å²) in [5, 5.41) is 1.87. The van der Waals surface area contributed by atoms with Crippen LogP contribution in [0.2, 0.25) is 5.02 Å². The molecule has 25 heavy (non-hydrogen) atoms. The summed E-state index contributed by atoms with van der Waals surface area (Å²) in [4.78, 5) is 4.97. The number of aryl methyl sites for hydroxylation is 1. The molecule has 0 N–H and O–H groups in total. The van der Waals surface area contributed by atoms with Gasteiger partial charge in [0.25, 0.3) is 0 Å². The Bertz CT molecular complexity index is 1060. The van der Waals surface area contributed by atoms with Gasteiger partial charge in [-0.15, -0.1) is 0 Å². The standard InChI is InChI=1S/C22H15BrClN/c1-14-6-5-9-18-19(15-7-3-2-4-8-15)20(23)22(25-21(14)18)16-10-12-17(24)13-11-16/h2-13H,1H3. The molecule has 0 spiro atoms. The van der Waals surface area contributed by atoms with E-state index in [1.807, 2.05) is 30.3 Å². The first kappa shape index (κ1) is 16.3. The summed E-state index contributed by atoms with van der Waals surface area (Å²) < 4.78 is 0.999. The molecular weight excluding hydrogens is 394 g/mol. The van der Waals surface area contributed by atoms with Gasteiger partial charge in [0.2, 0.25) is 0 Å². The molecule has 0 radical (unpaired) electrons. The van der Waals surface area contributed by atoms with Crippen LogP contribution in [0.3, 0.4) is 0 Å². The fourth-order valence-corrected chi connectivity index (χ4v) is 3.98. The Labute approximate surface area is 160 Å². The topological polar surface area (TPSA) is 12.9 Å². The highest BCUT2D eigenvalue weighted by atomic mass is 79.9. The zero-order chi connectivity index (χ0) is 17.4. The molecule has 0 aliphatic carbocycles. The third-order valence-corrected chi connectivity index (χ3v) is 5.36. The zero-order valence-corrected chi connectivity index (χ0v) is 16.0. The van der Waals surface area contributed by atoms with E-state index in [1.165, 1.54) is 11.1 Å². The quantitative estimate of drug-likeness (QED) is 0.339. The first-order valence-electron chi connectivity index (χ1n) is 8.05. The number of rotatable bonds is 2. The lowest BCUT2D eigenvalue weighted by atomic mass is 9.97. The number of benzene rings is 3. The number of fused-ring (bicyclic) bond motifs is 1. The molecule has 0 aliphatic heterocycles. The molecule has 1 aromatic heterocycles. The van der Waals surface area contributed by atoms with E-state index in [0.29, 0.717) is 0 Å². The van der Waals surface area contributed by atoms with Gasteiger partial charge in [0, 0.05) is 21.5 Å². The monoisotopic (exact) mass is 407 g/mol. The van der Waals surface area contributed by atoms with Gasteiger partial charge in [0.05, 0.1) is 15.7 Å². The molecule has 3 heteroatoms. The minimum absolute atomic E-state index is 0.722. The summed E-state index contributed by atoms with van der Waals surface area (Å²) >= 11 is 9.88. The van der Waals surface area contributed by atoms with Crippen LogP contribution in [0.4, 0.5) is 0 Å². The molecule has 122 valence electrons. The third kappa shape index (κ3) is 2.97. The first-order chi connectivity index (χ1) is 12.1. The van der Waals surface area contributed by atoms with Gasteiger partial charge in [-0.3, -0.25) is 0 Å². The van der Waals surface area contributed by atoms with Crippen molar-refractivity contribution in [1.29, 1.82) is 0 Å². The fourth-order valence-electron chi connectivity index (χ4n) is 3.09. The predicted molar refractivity (Wildman–Crippen MR) is 110 cm³/mol. The Balaban J connectivity index is 2.10. The van der Waals surface area contributed by atoms with Crippen molar-refractivity contribution in [2.45, 2.75) is 6.92 Å². The number of para-hydroxylation sites is 1. The van der Waals surface area contributed by atoms with Crippen LogP contribution in [0.5, 0.6) is 0 Å². The van der Waals surface area contributed by atoms with E-state index in [4.69, 9.17) is 16.6 Å². The van der Waals surface area contributed by atoms with Crippen molar-refractivity contribution in [2.24, 2.45) is 0 Å². The lowest BCUT2D eigenvalue weighted by molar-refractivity contribution is 1.34. The number of hydrogen-bond acceptors (Lipinski definition) is 1. The lowest BCUT2D eigenvalue weighted by Crippen LogP contribution is -1.94. The molecule has 3 aromatic carbocycles. The van der Waals surface area contributed by atoms with Crippen molar-refractivity contribution in [3.05, 3.63) is 87.9 Å². The number of nitrogens with zero attached hydrogens (tertiary/aromatic N) is 1. The van der Waals surface area contributed by atoms with E-state index < -0.39 is 0 Å². The normalized spacial score (nSPS) is 11.0. The van der Waals surface area contributed by atoms with E-state index in [1.54, 1.807) is 0 Å². The van der Waals surface area contributed by atoms with Gasteiger partial charge in [-0.05, 0) is 46.1 Å². The highest BCUT2D eigenvalue weighted by Crippen LogP contribution is 2.41. The molecule has 4 aromatic rings. The molecule has 0 aliphatic rings. The van der Waals surface area contributed by atoms with Crippen LogP contribution in [-0.2, 0) is 0 Å².